The SMILES string of the molecule is CCOc1nc(N)c(C#N)c(Cc2ccccc2)c1C#N. The fourth-order valence-corrected chi connectivity index (χ4v) is 2.09. The Morgan fingerprint density at radius 2 is 1.81 bits per heavy atom. The Hall–Kier alpha value is -3.05. The maximum Gasteiger partial charge on any atom is 0.234 e. The summed E-state index contributed by atoms with van der Waals surface area (Å²) in [4.78, 5) is 4.02. The van der Waals surface area contributed by atoms with Gasteiger partial charge in [-0.05, 0) is 12.5 Å². The lowest BCUT2D eigenvalue weighted by Gasteiger charge is -2.12. The molecular formula is C16H14N4O. The predicted molar refractivity (Wildman–Crippen MR) is 78.5 cm³/mol. The molecule has 0 aliphatic rings. The molecular weight excluding hydrogens is 264 g/mol. The van der Waals surface area contributed by atoms with E-state index in [-0.39, 0.29) is 22.8 Å². The molecule has 1 aromatic carbocycles. The summed E-state index contributed by atoms with van der Waals surface area (Å²) in [6, 6.07) is 13.7. The smallest absolute Gasteiger partial charge is 0.234 e. The molecule has 0 amide bonds. The van der Waals surface area contributed by atoms with Crippen molar-refractivity contribution in [2.24, 2.45) is 0 Å². The number of anilines is 1. The van der Waals surface area contributed by atoms with Crippen LogP contribution in [0.2, 0.25) is 0 Å². The Morgan fingerprint density at radius 1 is 1.14 bits per heavy atom. The Bertz CT molecular complexity index is 727. The highest BCUT2D eigenvalue weighted by Gasteiger charge is 2.19. The van der Waals surface area contributed by atoms with Gasteiger partial charge in [-0.1, -0.05) is 30.3 Å². The van der Waals surface area contributed by atoms with Gasteiger partial charge >= 0.3 is 0 Å². The molecule has 2 aromatic rings. The molecule has 0 unspecified atom stereocenters. The molecule has 0 atom stereocenters. The van der Waals surface area contributed by atoms with Gasteiger partial charge in [0.25, 0.3) is 0 Å². The number of nitrogen functional groups attached to an aromatic ring is 1. The van der Waals surface area contributed by atoms with Crippen molar-refractivity contribution < 1.29 is 4.74 Å². The zero-order chi connectivity index (χ0) is 15.2. The van der Waals surface area contributed by atoms with E-state index in [0.717, 1.165) is 5.56 Å². The van der Waals surface area contributed by atoms with Gasteiger partial charge in [0.2, 0.25) is 5.88 Å². The van der Waals surface area contributed by atoms with Gasteiger partial charge in [0.05, 0.1) is 12.2 Å². The molecule has 1 aromatic heterocycles. The number of nitrogens with two attached hydrogens (primary N) is 1. The number of ether oxygens (including phenoxy) is 1. The van der Waals surface area contributed by atoms with Crippen LogP contribution in [0.25, 0.3) is 0 Å². The van der Waals surface area contributed by atoms with Crippen LogP contribution in [0.1, 0.15) is 29.2 Å². The highest BCUT2D eigenvalue weighted by atomic mass is 16.5. The maximum absolute atomic E-state index is 9.39. The molecule has 0 saturated carbocycles. The van der Waals surface area contributed by atoms with Crippen LogP contribution in [0.15, 0.2) is 30.3 Å². The van der Waals surface area contributed by atoms with Crippen molar-refractivity contribution in [3.8, 4) is 18.0 Å². The summed E-state index contributed by atoms with van der Waals surface area (Å²) in [5.41, 5.74) is 7.86. The third-order valence-corrected chi connectivity index (χ3v) is 3.02. The number of hydrogen-bond acceptors (Lipinski definition) is 5. The molecule has 0 radical (unpaired) electrons. The lowest BCUT2D eigenvalue weighted by molar-refractivity contribution is 0.326. The molecule has 0 aliphatic carbocycles. The molecule has 0 bridgehead atoms. The zero-order valence-electron chi connectivity index (χ0n) is 11.6. The lowest BCUT2D eigenvalue weighted by atomic mass is 9.97. The van der Waals surface area contributed by atoms with E-state index < -0.39 is 0 Å². The number of pyridine rings is 1. The van der Waals surface area contributed by atoms with E-state index in [1.807, 2.05) is 36.4 Å². The topological polar surface area (TPSA) is 95.7 Å². The summed E-state index contributed by atoms with van der Waals surface area (Å²) in [7, 11) is 0. The molecule has 0 saturated heterocycles. The first-order chi connectivity index (χ1) is 10.2. The fraction of sp³-hybridized carbons (Fsp3) is 0.188. The van der Waals surface area contributed by atoms with Gasteiger partial charge in [-0.3, -0.25) is 0 Å². The van der Waals surface area contributed by atoms with E-state index in [2.05, 4.69) is 11.1 Å². The molecule has 5 nitrogen and oxygen atoms in total. The van der Waals surface area contributed by atoms with Crippen LogP contribution >= 0.6 is 0 Å². The molecule has 0 aliphatic heterocycles. The van der Waals surface area contributed by atoms with Gasteiger partial charge in [-0.2, -0.15) is 15.5 Å². The van der Waals surface area contributed by atoms with E-state index >= 15 is 0 Å². The second kappa shape index (κ2) is 6.40. The first-order valence-corrected chi connectivity index (χ1v) is 6.50. The Labute approximate surface area is 123 Å². The highest BCUT2D eigenvalue weighted by Crippen LogP contribution is 2.28. The number of nitriles is 2. The van der Waals surface area contributed by atoms with Crippen molar-refractivity contribution >= 4 is 5.82 Å². The Morgan fingerprint density at radius 3 is 2.38 bits per heavy atom. The first kappa shape index (κ1) is 14.4. The van der Waals surface area contributed by atoms with Gasteiger partial charge in [0.15, 0.2) is 0 Å². The number of aromatic nitrogens is 1. The molecule has 2 N–H and O–H groups in total. The summed E-state index contributed by atoms with van der Waals surface area (Å²) in [6.45, 7) is 2.17. The van der Waals surface area contributed by atoms with Gasteiger partial charge in [0, 0.05) is 12.0 Å². The minimum absolute atomic E-state index is 0.0888. The third-order valence-electron chi connectivity index (χ3n) is 3.02. The van der Waals surface area contributed by atoms with Gasteiger partial charge in [-0.25, -0.2) is 0 Å². The minimum atomic E-state index is 0.0888. The molecule has 104 valence electrons. The van der Waals surface area contributed by atoms with E-state index in [0.29, 0.717) is 18.6 Å². The van der Waals surface area contributed by atoms with Crippen LogP contribution in [0.5, 0.6) is 5.88 Å². The van der Waals surface area contributed by atoms with E-state index in [4.69, 9.17) is 10.5 Å². The minimum Gasteiger partial charge on any atom is -0.477 e. The monoisotopic (exact) mass is 278 g/mol. The first-order valence-electron chi connectivity index (χ1n) is 6.50. The lowest BCUT2D eigenvalue weighted by Crippen LogP contribution is -2.08. The number of hydrogen-bond donors (Lipinski definition) is 1. The van der Waals surface area contributed by atoms with Crippen LogP contribution in [-0.4, -0.2) is 11.6 Å². The summed E-state index contributed by atoms with van der Waals surface area (Å²) in [5, 5.41) is 18.7. The van der Waals surface area contributed by atoms with Crippen LogP contribution in [0.3, 0.4) is 0 Å². The summed E-state index contributed by atoms with van der Waals surface area (Å²) in [5.74, 6) is 0.272. The molecule has 0 spiro atoms. The standard InChI is InChI=1S/C16H14N4O/c1-2-21-16-14(10-18)12(13(9-17)15(19)20-16)8-11-6-4-3-5-7-11/h3-7H,2,8H2,1H3,(H2,19,20). The zero-order valence-corrected chi connectivity index (χ0v) is 11.6. The molecule has 0 fully saturated rings. The van der Waals surface area contributed by atoms with Crippen LogP contribution in [0.4, 0.5) is 5.82 Å². The van der Waals surface area contributed by atoms with Crippen molar-refractivity contribution in [1.82, 2.24) is 4.98 Å². The van der Waals surface area contributed by atoms with Crippen LogP contribution < -0.4 is 10.5 Å². The average molecular weight is 278 g/mol. The van der Waals surface area contributed by atoms with E-state index in [1.165, 1.54) is 0 Å². The quantitative estimate of drug-likeness (QED) is 0.926. The summed E-state index contributed by atoms with van der Waals surface area (Å²) >= 11 is 0. The van der Waals surface area contributed by atoms with Crippen LogP contribution in [0, 0.1) is 22.7 Å². The second-order valence-electron chi connectivity index (χ2n) is 4.35. The Balaban J connectivity index is 2.61. The molecule has 1 heterocycles. The Kier molecular flexibility index (Phi) is 4.38. The maximum atomic E-state index is 9.39. The van der Waals surface area contributed by atoms with Gasteiger partial charge in [0.1, 0.15) is 23.5 Å². The number of benzene rings is 1. The van der Waals surface area contributed by atoms with Crippen molar-refractivity contribution in [1.29, 1.82) is 10.5 Å². The fourth-order valence-electron chi connectivity index (χ4n) is 2.09. The predicted octanol–water partition coefficient (Wildman–Crippen LogP) is 2.40. The number of rotatable bonds is 4. The highest BCUT2D eigenvalue weighted by molar-refractivity contribution is 5.63. The van der Waals surface area contributed by atoms with Crippen molar-refractivity contribution in [2.45, 2.75) is 13.3 Å². The van der Waals surface area contributed by atoms with Gasteiger partial charge < -0.3 is 10.5 Å². The normalized spacial score (nSPS) is 9.67. The summed E-state index contributed by atoms with van der Waals surface area (Å²) < 4.78 is 5.36. The number of nitrogens with zero attached hydrogens (tertiary/aromatic N) is 3. The van der Waals surface area contributed by atoms with E-state index in [1.54, 1.807) is 6.92 Å². The molecule has 21 heavy (non-hydrogen) atoms. The second-order valence-corrected chi connectivity index (χ2v) is 4.35. The molecule has 2 rings (SSSR count). The summed E-state index contributed by atoms with van der Waals surface area (Å²) in [6.07, 6.45) is 0.430. The van der Waals surface area contributed by atoms with Crippen molar-refractivity contribution in [3.63, 3.8) is 0 Å². The van der Waals surface area contributed by atoms with Crippen molar-refractivity contribution in [2.75, 3.05) is 12.3 Å². The third kappa shape index (κ3) is 2.93. The largest absolute Gasteiger partial charge is 0.477 e. The van der Waals surface area contributed by atoms with Crippen molar-refractivity contribution in [3.05, 3.63) is 52.6 Å². The average Bonchev–Trinajstić information content (AvgIpc) is 2.49. The van der Waals surface area contributed by atoms with Gasteiger partial charge in [-0.15, -0.1) is 0 Å². The van der Waals surface area contributed by atoms with Crippen LogP contribution in [-0.2, 0) is 6.42 Å². The molecule has 5 heteroatoms. The van der Waals surface area contributed by atoms with E-state index in [9.17, 15) is 10.5 Å².